The summed E-state index contributed by atoms with van der Waals surface area (Å²) in [5, 5.41) is 9.24. The summed E-state index contributed by atoms with van der Waals surface area (Å²) in [6.45, 7) is 1.87. The maximum absolute atomic E-state index is 10.5. The van der Waals surface area contributed by atoms with Crippen molar-refractivity contribution >= 4 is 17.6 Å². The third-order valence-electron chi connectivity index (χ3n) is 2.03. The van der Waals surface area contributed by atoms with E-state index in [9.17, 15) is 4.79 Å². The lowest BCUT2D eigenvalue weighted by Gasteiger charge is -2.09. The second-order valence-corrected chi connectivity index (χ2v) is 3.57. The van der Waals surface area contributed by atoms with E-state index in [0.29, 0.717) is 5.02 Å². The Hall–Kier alpha value is -1.06. The molecule has 3 N–H and O–H groups in total. The summed E-state index contributed by atoms with van der Waals surface area (Å²) >= 11 is 5.99. The number of carboxylic acids is 1. The van der Waals surface area contributed by atoms with Gasteiger partial charge >= 0.3 is 5.97 Å². The van der Waals surface area contributed by atoms with Crippen LogP contribution in [0, 0.1) is 6.92 Å². The standard InChI is InChI=1S/C10H12ClNO2/c1-6-3-2-4-7(9(6)11)5-8(12)10(13)14/h2-4,8H,5,12H2,1H3,(H,13,14). The first-order valence-corrected chi connectivity index (χ1v) is 4.62. The molecule has 1 atom stereocenters. The van der Waals surface area contributed by atoms with Crippen LogP contribution in [-0.2, 0) is 11.2 Å². The Kier molecular flexibility index (Phi) is 3.49. The average Bonchev–Trinajstić information content (AvgIpc) is 2.12. The number of benzene rings is 1. The summed E-state index contributed by atoms with van der Waals surface area (Å²) in [5.41, 5.74) is 7.12. The molecule has 0 saturated carbocycles. The zero-order valence-corrected chi connectivity index (χ0v) is 8.58. The minimum absolute atomic E-state index is 0.260. The number of carbonyl (C=O) groups is 1. The Bertz CT molecular complexity index is 352. The van der Waals surface area contributed by atoms with Crippen LogP contribution in [-0.4, -0.2) is 17.1 Å². The van der Waals surface area contributed by atoms with Crippen LogP contribution in [0.4, 0.5) is 0 Å². The van der Waals surface area contributed by atoms with Crippen molar-refractivity contribution in [3.05, 3.63) is 34.3 Å². The molecule has 0 radical (unpaired) electrons. The minimum atomic E-state index is -1.01. The van der Waals surface area contributed by atoms with E-state index < -0.39 is 12.0 Å². The van der Waals surface area contributed by atoms with Crippen molar-refractivity contribution in [2.45, 2.75) is 19.4 Å². The fraction of sp³-hybridized carbons (Fsp3) is 0.300. The fourth-order valence-corrected chi connectivity index (χ4v) is 1.39. The van der Waals surface area contributed by atoms with Gasteiger partial charge < -0.3 is 10.8 Å². The number of halogens is 1. The monoisotopic (exact) mass is 213 g/mol. The van der Waals surface area contributed by atoms with Crippen molar-refractivity contribution in [3.8, 4) is 0 Å². The van der Waals surface area contributed by atoms with Gasteiger partial charge in [0.1, 0.15) is 6.04 Å². The van der Waals surface area contributed by atoms with E-state index in [1.165, 1.54) is 0 Å². The van der Waals surface area contributed by atoms with Crippen LogP contribution in [0.5, 0.6) is 0 Å². The molecule has 1 unspecified atom stereocenters. The molecule has 1 aromatic carbocycles. The summed E-state index contributed by atoms with van der Waals surface area (Å²) in [6, 6.07) is 4.61. The minimum Gasteiger partial charge on any atom is -0.480 e. The summed E-state index contributed by atoms with van der Waals surface area (Å²) < 4.78 is 0. The molecule has 14 heavy (non-hydrogen) atoms. The van der Waals surface area contributed by atoms with Crippen LogP contribution >= 0.6 is 11.6 Å². The topological polar surface area (TPSA) is 63.3 Å². The smallest absolute Gasteiger partial charge is 0.320 e. The molecule has 0 aliphatic carbocycles. The molecule has 4 heteroatoms. The second-order valence-electron chi connectivity index (χ2n) is 3.20. The maximum atomic E-state index is 10.5. The van der Waals surface area contributed by atoms with Crippen LogP contribution in [0.25, 0.3) is 0 Å². The van der Waals surface area contributed by atoms with Crippen molar-refractivity contribution in [3.63, 3.8) is 0 Å². The van der Waals surface area contributed by atoms with Gasteiger partial charge in [0.15, 0.2) is 0 Å². The third kappa shape index (κ3) is 2.47. The Labute approximate surface area is 87.5 Å². The lowest BCUT2D eigenvalue weighted by molar-refractivity contribution is -0.138. The Balaban J connectivity index is 2.87. The van der Waals surface area contributed by atoms with Crippen molar-refractivity contribution < 1.29 is 9.90 Å². The van der Waals surface area contributed by atoms with E-state index in [4.69, 9.17) is 22.4 Å². The van der Waals surface area contributed by atoms with Gasteiger partial charge in [0.25, 0.3) is 0 Å². The molecule has 0 amide bonds. The number of nitrogens with two attached hydrogens (primary N) is 1. The predicted molar refractivity (Wildman–Crippen MR) is 55.5 cm³/mol. The molecule has 0 aliphatic rings. The molecule has 1 aromatic rings. The lowest BCUT2D eigenvalue weighted by atomic mass is 10.0. The van der Waals surface area contributed by atoms with E-state index in [1.54, 1.807) is 6.07 Å². The maximum Gasteiger partial charge on any atom is 0.320 e. The van der Waals surface area contributed by atoms with Gasteiger partial charge in [0.05, 0.1) is 0 Å². The van der Waals surface area contributed by atoms with E-state index in [1.807, 2.05) is 19.1 Å². The van der Waals surface area contributed by atoms with Gasteiger partial charge in [-0.3, -0.25) is 4.79 Å². The summed E-state index contributed by atoms with van der Waals surface area (Å²) in [7, 11) is 0. The number of hydrogen-bond donors (Lipinski definition) is 2. The molecule has 0 aromatic heterocycles. The summed E-state index contributed by atoms with van der Waals surface area (Å²) in [5.74, 6) is -1.01. The molecule has 0 fully saturated rings. The molecular formula is C10H12ClNO2. The van der Waals surface area contributed by atoms with Crippen molar-refractivity contribution in [2.24, 2.45) is 5.73 Å². The Morgan fingerprint density at radius 2 is 2.29 bits per heavy atom. The molecule has 0 aliphatic heterocycles. The average molecular weight is 214 g/mol. The molecule has 1 rings (SSSR count). The fourth-order valence-electron chi connectivity index (χ4n) is 1.19. The normalized spacial score (nSPS) is 12.5. The highest BCUT2D eigenvalue weighted by atomic mass is 35.5. The zero-order valence-electron chi connectivity index (χ0n) is 7.83. The molecule has 0 bridgehead atoms. The van der Waals surface area contributed by atoms with Crippen LogP contribution in [0.2, 0.25) is 5.02 Å². The van der Waals surface area contributed by atoms with E-state index in [0.717, 1.165) is 11.1 Å². The first-order valence-electron chi connectivity index (χ1n) is 4.24. The number of aliphatic carboxylic acids is 1. The summed E-state index contributed by atoms with van der Waals surface area (Å²) in [6.07, 6.45) is 0.260. The first kappa shape index (κ1) is 11.0. The van der Waals surface area contributed by atoms with Gasteiger partial charge in [-0.2, -0.15) is 0 Å². The number of rotatable bonds is 3. The lowest BCUT2D eigenvalue weighted by Crippen LogP contribution is -2.32. The second kappa shape index (κ2) is 4.44. The number of carboxylic acid groups (broad SMARTS) is 1. The first-order chi connectivity index (χ1) is 6.52. The molecule has 0 spiro atoms. The van der Waals surface area contributed by atoms with Gasteiger partial charge in [-0.15, -0.1) is 0 Å². The van der Waals surface area contributed by atoms with Crippen LogP contribution in [0.1, 0.15) is 11.1 Å². The van der Waals surface area contributed by atoms with Crippen LogP contribution in [0.15, 0.2) is 18.2 Å². The Morgan fingerprint density at radius 1 is 1.64 bits per heavy atom. The largest absolute Gasteiger partial charge is 0.480 e. The van der Waals surface area contributed by atoms with Gasteiger partial charge in [-0.25, -0.2) is 0 Å². The van der Waals surface area contributed by atoms with Gasteiger partial charge in [0.2, 0.25) is 0 Å². The zero-order chi connectivity index (χ0) is 10.7. The van der Waals surface area contributed by atoms with Gasteiger partial charge in [0, 0.05) is 5.02 Å². The van der Waals surface area contributed by atoms with E-state index in [2.05, 4.69) is 0 Å². The number of aryl methyl sites for hydroxylation is 1. The van der Waals surface area contributed by atoms with Crippen molar-refractivity contribution in [1.82, 2.24) is 0 Å². The van der Waals surface area contributed by atoms with Crippen molar-refractivity contribution in [1.29, 1.82) is 0 Å². The van der Waals surface area contributed by atoms with Crippen LogP contribution < -0.4 is 5.73 Å². The highest BCUT2D eigenvalue weighted by molar-refractivity contribution is 6.32. The molecule has 76 valence electrons. The molecule has 0 saturated heterocycles. The predicted octanol–water partition coefficient (Wildman–Crippen LogP) is 1.60. The third-order valence-corrected chi connectivity index (χ3v) is 2.57. The van der Waals surface area contributed by atoms with Gasteiger partial charge in [-0.1, -0.05) is 29.8 Å². The molecular weight excluding hydrogens is 202 g/mol. The highest BCUT2D eigenvalue weighted by Gasteiger charge is 2.14. The molecule has 0 heterocycles. The Morgan fingerprint density at radius 3 is 2.86 bits per heavy atom. The highest BCUT2D eigenvalue weighted by Crippen LogP contribution is 2.21. The van der Waals surface area contributed by atoms with Gasteiger partial charge in [-0.05, 0) is 24.5 Å². The molecule has 3 nitrogen and oxygen atoms in total. The van der Waals surface area contributed by atoms with Crippen LogP contribution in [0.3, 0.4) is 0 Å². The SMILES string of the molecule is Cc1cccc(CC(N)C(=O)O)c1Cl. The summed E-state index contributed by atoms with van der Waals surface area (Å²) in [4.78, 5) is 10.5. The van der Waals surface area contributed by atoms with E-state index in [-0.39, 0.29) is 6.42 Å². The quantitative estimate of drug-likeness (QED) is 0.802. The number of hydrogen-bond acceptors (Lipinski definition) is 2. The van der Waals surface area contributed by atoms with Crippen molar-refractivity contribution in [2.75, 3.05) is 0 Å². The van der Waals surface area contributed by atoms with E-state index >= 15 is 0 Å².